The highest BCUT2D eigenvalue weighted by atomic mass is 79.9. The second-order valence-corrected chi connectivity index (χ2v) is 6.97. The molecule has 1 atom stereocenters. The maximum absolute atomic E-state index is 5.25. The third-order valence-corrected chi connectivity index (χ3v) is 5.07. The maximum Gasteiger partial charge on any atom is 0.118 e. The van der Waals surface area contributed by atoms with Gasteiger partial charge in [0.2, 0.25) is 0 Å². The lowest BCUT2D eigenvalue weighted by Gasteiger charge is -2.20. The van der Waals surface area contributed by atoms with E-state index in [2.05, 4.69) is 49.0 Å². The molecule has 2 aromatic heterocycles. The molecule has 1 saturated heterocycles. The quantitative estimate of drug-likeness (QED) is 0.671. The summed E-state index contributed by atoms with van der Waals surface area (Å²) in [4.78, 5) is 11.4. The molecule has 4 rings (SSSR count). The van der Waals surface area contributed by atoms with Crippen molar-refractivity contribution >= 4 is 32.7 Å². The predicted molar refractivity (Wildman–Crippen MR) is 99.8 cm³/mol. The van der Waals surface area contributed by atoms with E-state index in [0.717, 1.165) is 40.8 Å². The number of anilines is 1. The Kier molecular flexibility index (Phi) is 4.10. The zero-order valence-electron chi connectivity index (χ0n) is 13.4. The van der Waals surface area contributed by atoms with Gasteiger partial charge in [-0.3, -0.25) is 9.97 Å². The molecular formula is C19H18BrN3O. The molecule has 122 valence electrons. The number of ether oxygens (including phenoxy) is 1. The largest absolute Gasteiger partial charge is 0.497 e. The normalized spacial score (nSPS) is 17.4. The first-order valence-electron chi connectivity index (χ1n) is 8.04. The number of halogens is 1. The highest BCUT2D eigenvalue weighted by Gasteiger charge is 2.25. The van der Waals surface area contributed by atoms with Crippen molar-refractivity contribution < 1.29 is 4.74 Å². The number of nitrogens with zero attached hydrogens (tertiary/aromatic N) is 3. The molecule has 0 N–H and O–H groups in total. The Morgan fingerprint density at radius 1 is 1.17 bits per heavy atom. The molecule has 1 unspecified atom stereocenters. The molecule has 1 aliphatic heterocycles. The molecular weight excluding hydrogens is 366 g/mol. The van der Waals surface area contributed by atoms with Gasteiger partial charge in [-0.1, -0.05) is 12.1 Å². The highest BCUT2D eigenvalue weighted by molar-refractivity contribution is 9.10. The number of fused-ring (bicyclic) bond motifs is 1. The van der Waals surface area contributed by atoms with Gasteiger partial charge in [-0.05, 0) is 52.2 Å². The molecule has 1 aromatic carbocycles. The van der Waals surface area contributed by atoms with Crippen LogP contribution in [0.3, 0.4) is 0 Å². The molecule has 3 aromatic rings. The zero-order chi connectivity index (χ0) is 16.5. The fraction of sp³-hybridized carbons (Fsp3) is 0.263. The second-order valence-electron chi connectivity index (χ2n) is 6.06. The lowest BCUT2D eigenvalue weighted by molar-refractivity contribution is 0.414. The van der Waals surface area contributed by atoms with Gasteiger partial charge < -0.3 is 9.64 Å². The number of pyridine rings is 2. The van der Waals surface area contributed by atoms with E-state index in [1.807, 2.05) is 30.6 Å². The first-order chi connectivity index (χ1) is 11.7. The van der Waals surface area contributed by atoms with Crippen molar-refractivity contribution in [2.24, 2.45) is 0 Å². The molecule has 0 bridgehead atoms. The van der Waals surface area contributed by atoms with E-state index < -0.39 is 0 Å². The number of benzene rings is 1. The fourth-order valence-corrected chi connectivity index (χ4v) is 3.69. The van der Waals surface area contributed by atoms with Crippen molar-refractivity contribution in [3.05, 3.63) is 58.8 Å². The minimum atomic E-state index is 0.537. The molecule has 0 aliphatic carbocycles. The van der Waals surface area contributed by atoms with E-state index in [-0.39, 0.29) is 0 Å². The molecule has 24 heavy (non-hydrogen) atoms. The molecule has 4 nitrogen and oxygen atoms in total. The van der Waals surface area contributed by atoms with E-state index in [1.165, 1.54) is 11.3 Å². The summed E-state index contributed by atoms with van der Waals surface area (Å²) in [5.41, 5.74) is 4.43. The van der Waals surface area contributed by atoms with Crippen LogP contribution in [0.5, 0.6) is 5.75 Å². The van der Waals surface area contributed by atoms with Crippen LogP contribution in [0.15, 0.2) is 53.3 Å². The predicted octanol–water partition coefficient (Wildman–Crippen LogP) is 4.39. The van der Waals surface area contributed by atoms with Crippen LogP contribution < -0.4 is 9.64 Å². The first kappa shape index (κ1) is 15.4. The van der Waals surface area contributed by atoms with Gasteiger partial charge in [0.15, 0.2) is 0 Å². The Labute approximate surface area is 149 Å². The number of aromatic nitrogens is 2. The van der Waals surface area contributed by atoms with E-state index in [0.29, 0.717) is 5.92 Å². The molecule has 3 heterocycles. The third kappa shape index (κ3) is 2.84. The molecule has 0 radical (unpaired) electrons. The van der Waals surface area contributed by atoms with Crippen LogP contribution in [0.2, 0.25) is 0 Å². The minimum absolute atomic E-state index is 0.537. The van der Waals surface area contributed by atoms with Gasteiger partial charge in [0.25, 0.3) is 0 Å². The van der Waals surface area contributed by atoms with Crippen LogP contribution in [-0.2, 0) is 0 Å². The van der Waals surface area contributed by atoms with E-state index in [1.54, 1.807) is 7.11 Å². The maximum atomic E-state index is 5.25. The van der Waals surface area contributed by atoms with Crippen molar-refractivity contribution in [2.75, 3.05) is 25.1 Å². The Morgan fingerprint density at radius 2 is 2.00 bits per heavy atom. The van der Waals surface area contributed by atoms with Crippen molar-refractivity contribution in [2.45, 2.75) is 12.3 Å². The van der Waals surface area contributed by atoms with Crippen LogP contribution in [0.4, 0.5) is 5.69 Å². The Balaban J connectivity index is 1.60. The van der Waals surface area contributed by atoms with Crippen LogP contribution in [0, 0.1) is 0 Å². The lowest BCUT2D eigenvalue weighted by Crippen LogP contribution is -2.19. The molecule has 1 fully saturated rings. The monoisotopic (exact) mass is 383 g/mol. The first-order valence-corrected chi connectivity index (χ1v) is 8.83. The van der Waals surface area contributed by atoms with Gasteiger partial charge in [0.05, 0.1) is 18.3 Å². The van der Waals surface area contributed by atoms with Gasteiger partial charge in [-0.15, -0.1) is 0 Å². The molecule has 0 amide bonds. The zero-order valence-corrected chi connectivity index (χ0v) is 15.0. The van der Waals surface area contributed by atoms with Crippen LogP contribution in [-0.4, -0.2) is 30.2 Å². The number of hydrogen-bond donors (Lipinski definition) is 0. The van der Waals surface area contributed by atoms with E-state index in [4.69, 9.17) is 4.74 Å². The molecule has 0 saturated carbocycles. The average Bonchev–Trinajstić information content (AvgIpc) is 3.11. The van der Waals surface area contributed by atoms with Crippen molar-refractivity contribution in [3.8, 4) is 5.75 Å². The number of rotatable bonds is 3. The van der Waals surface area contributed by atoms with Crippen molar-refractivity contribution in [1.82, 2.24) is 9.97 Å². The topological polar surface area (TPSA) is 38.2 Å². The SMILES string of the molecule is COc1ccc(C2CCN(c3ccnc4cc(Br)cnc34)C2)cc1. The van der Waals surface area contributed by atoms with E-state index in [9.17, 15) is 0 Å². The van der Waals surface area contributed by atoms with Crippen molar-refractivity contribution in [3.63, 3.8) is 0 Å². The fourth-order valence-electron chi connectivity index (χ4n) is 3.37. The van der Waals surface area contributed by atoms with Gasteiger partial charge in [-0.2, -0.15) is 0 Å². The van der Waals surface area contributed by atoms with Crippen LogP contribution in [0.1, 0.15) is 17.9 Å². The second kappa shape index (κ2) is 6.40. The average molecular weight is 384 g/mol. The number of methoxy groups -OCH3 is 1. The summed E-state index contributed by atoms with van der Waals surface area (Å²) in [5.74, 6) is 1.44. The Bertz CT molecular complexity index is 866. The summed E-state index contributed by atoms with van der Waals surface area (Å²) in [6.45, 7) is 2.04. The Morgan fingerprint density at radius 3 is 2.79 bits per heavy atom. The van der Waals surface area contributed by atoms with E-state index >= 15 is 0 Å². The summed E-state index contributed by atoms with van der Waals surface area (Å²) in [6, 6.07) is 12.5. The smallest absolute Gasteiger partial charge is 0.118 e. The van der Waals surface area contributed by atoms with Gasteiger partial charge in [-0.25, -0.2) is 0 Å². The van der Waals surface area contributed by atoms with Crippen LogP contribution >= 0.6 is 15.9 Å². The summed E-state index contributed by atoms with van der Waals surface area (Å²) < 4.78 is 6.21. The van der Waals surface area contributed by atoms with Gasteiger partial charge >= 0.3 is 0 Å². The summed E-state index contributed by atoms with van der Waals surface area (Å²) in [6.07, 6.45) is 4.85. The van der Waals surface area contributed by atoms with Crippen molar-refractivity contribution in [1.29, 1.82) is 0 Å². The third-order valence-electron chi connectivity index (χ3n) is 4.64. The van der Waals surface area contributed by atoms with Crippen LogP contribution in [0.25, 0.3) is 11.0 Å². The highest BCUT2D eigenvalue weighted by Crippen LogP contribution is 2.34. The molecule has 0 spiro atoms. The lowest BCUT2D eigenvalue weighted by atomic mass is 9.98. The summed E-state index contributed by atoms with van der Waals surface area (Å²) in [7, 11) is 1.70. The van der Waals surface area contributed by atoms with Gasteiger partial charge in [0, 0.05) is 35.9 Å². The van der Waals surface area contributed by atoms with Gasteiger partial charge in [0.1, 0.15) is 11.3 Å². The standard InChI is InChI=1S/C19H18BrN3O/c1-24-16-4-2-13(3-5-16)14-7-9-23(12-14)18-6-8-21-17-10-15(20)11-22-19(17)18/h2-6,8,10-11,14H,7,9,12H2,1H3. The molecule has 5 heteroatoms. The molecule has 1 aliphatic rings. The minimum Gasteiger partial charge on any atom is -0.497 e. The Hall–Kier alpha value is -2.14. The summed E-state index contributed by atoms with van der Waals surface area (Å²) >= 11 is 3.47. The summed E-state index contributed by atoms with van der Waals surface area (Å²) in [5, 5.41) is 0. The number of hydrogen-bond acceptors (Lipinski definition) is 4.